The number of methoxy groups -OCH3 is 1. The van der Waals surface area contributed by atoms with Gasteiger partial charge in [0.05, 0.1) is 6.61 Å². The Morgan fingerprint density at radius 3 is 2.75 bits per heavy atom. The molecule has 4 nitrogen and oxygen atoms in total. The third kappa shape index (κ3) is 3.20. The highest BCUT2D eigenvalue weighted by Crippen LogP contribution is 2.17. The molecule has 5 heteroatoms. The number of carbonyl (C=O) groups is 1. The van der Waals surface area contributed by atoms with Gasteiger partial charge in [0.15, 0.2) is 0 Å². The van der Waals surface area contributed by atoms with Crippen LogP contribution >= 0.6 is 0 Å². The van der Waals surface area contributed by atoms with E-state index in [1.165, 1.54) is 19.2 Å². The first-order chi connectivity index (χ1) is 7.54. The number of carboxylic acid groups (broad SMARTS) is 1. The first kappa shape index (κ1) is 12.4. The van der Waals surface area contributed by atoms with Crippen molar-refractivity contribution in [2.75, 3.05) is 13.7 Å². The Morgan fingerprint density at radius 1 is 1.56 bits per heavy atom. The van der Waals surface area contributed by atoms with Crippen LogP contribution in [0.15, 0.2) is 18.2 Å². The number of carboxylic acids is 1. The third-order valence-corrected chi connectivity index (χ3v) is 2.02. The number of halogens is 1. The summed E-state index contributed by atoms with van der Waals surface area (Å²) in [4.78, 5) is 10.7. The van der Waals surface area contributed by atoms with E-state index in [-0.39, 0.29) is 12.4 Å². The van der Waals surface area contributed by atoms with Crippen molar-refractivity contribution in [2.45, 2.75) is 13.0 Å². The summed E-state index contributed by atoms with van der Waals surface area (Å²) in [6, 6.07) is 4.20. The van der Waals surface area contributed by atoms with Gasteiger partial charge in [0.25, 0.3) is 0 Å². The van der Waals surface area contributed by atoms with Gasteiger partial charge < -0.3 is 14.6 Å². The quantitative estimate of drug-likeness (QED) is 0.831. The van der Waals surface area contributed by atoms with E-state index in [0.29, 0.717) is 5.56 Å². The topological polar surface area (TPSA) is 55.8 Å². The molecule has 1 atom stereocenters. The Hall–Kier alpha value is -1.62. The van der Waals surface area contributed by atoms with Crippen molar-refractivity contribution in [3.8, 4) is 5.75 Å². The van der Waals surface area contributed by atoms with Gasteiger partial charge in [-0.1, -0.05) is 6.07 Å². The van der Waals surface area contributed by atoms with Gasteiger partial charge >= 0.3 is 5.97 Å². The minimum atomic E-state index is -1.15. The minimum absolute atomic E-state index is 0.0924. The average Bonchev–Trinajstić information content (AvgIpc) is 2.22. The van der Waals surface area contributed by atoms with Crippen LogP contribution in [0.1, 0.15) is 5.56 Å². The van der Waals surface area contributed by atoms with E-state index in [4.69, 9.17) is 14.6 Å². The van der Waals surface area contributed by atoms with Crippen LogP contribution in [-0.2, 0) is 9.53 Å². The molecular weight excluding hydrogens is 215 g/mol. The summed E-state index contributed by atoms with van der Waals surface area (Å²) < 4.78 is 22.9. The number of ether oxygens (including phenoxy) is 2. The van der Waals surface area contributed by atoms with Gasteiger partial charge in [0.2, 0.25) is 6.10 Å². The molecule has 0 radical (unpaired) electrons. The molecule has 0 aliphatic rings. The number of hydrogen-bond donors (Lipinski definition) is 1. The van der Waals surface area contributed by atoms with Gasteiger partial charge in [-0.25, -0.2) is 9.18 Å². The van der Waals surface area contributed by atoms with Crippen LogP contribution in [0.2, 0.25) is 0 Å². The van der Waals surface area contributed by atoms with E-state index in [2.05, 4.69) is 0 Å². The molecule has 0 fully saturated rings. The van der Waals surface area contributed by atoms with Crippen LogP contribution in [-0.4, -0.2) is 30.9 Å². The summed E-state index contributed by atoms with van der Waals surface area (Å²) in [6.07, 6.45) is -1.13. The van der Waals surface area contributed by atoms with Crippen LogP contribution in [0.5, 0.6) is 5.75 Å². The molecule has 1 aromatic carbocycles. The molecule has 0 aromatic heterocycles. The van der Waals surface area contributed by atoms with E-state index < -0.39 is 17.9 Å². The number of benzene rings is 1. The van der Waals surface area contributed by atoms with Crippen LogP contribution in [0, 0.1) is 12.7 Å². The van der Waals surface area contributed by atoms with Crippen LogP contribution in [0.4, 0.5) is 4.39 Å². The molecule has 16 heavy (non-hydrogen) atoms. The fourth-order valence-corrected chi connectivity index (χ4v) is 1.12. The SMILES string of the molecule is COCC(Oc1ccc(C)c(F)c1)C(=O)O. The molecule has 1 unspecified atom stereocenters. The van der Waals surface area contributed by atoms with E-state index in [1.54, 1.807) is 6.92 Å². The molecule has 88 valence electrons. The second kappa shape index (κ2) is 5.46. The van der Waals surface area contributed by atoms with Gasteiger partial charge in [0, 0.05) is 13.2 Å². The Labute approximate surface area is 92.6 Å². The Kier molecular flexibility index (Phi) is 4.25. The molecule has 0 spiro atoms. The standard InChI is InChI=1S/C11H13FO4/c1-7-3-4-8(5-9(7)12)16-10(6-15-2)11(13)14/h3-5,10H,6H2,1-2H3,(H,13,14). The fourth-order valence-electron chi connectivity index (χ4n) is 1.12. The molecule has 0 saturated heterocycles. The van der Waals surface area contributed by atoms with E-state index in [9.17, 15) is 9.18 Å². The molecule has 0 heterocycles. The first-order valence-corrected chi connectivity index (χ1v) is 4.69. The Bertz CT molecular complexity index is 378. The highest BCUT2D eigenvalue weighted by atomic mass is 19.1. The molecule has 1 N–H and O–H groups in total. The van der Waals surface area contributed by atoms with Gasteiger partial charge in [-0.15, -0.1) is 0 Å². The van der Waals surface area contributed by atoms with Gasteiger partial charge in [-0.3, -0.25) is 0 Å². The van der Waals surface area contributed by atoms with Gasteiger partial charge in [-0.2, -0.15) is 0 Å². The molecule has 0 bridgehead atoms. The van der Waals surface area contributed by atoms with Gasteiger partial charge in [-0.05, 0) is 18.6 Å². The molecule has 1 aromatic rings. The zero-order chi connectivity index (χ0) is 12.1. The average molecular weight is 228 g/mol. The highest BCUT2D eigenvalue weighted by Gasteiger charge is 2.19. The summed E-state index contributed by atoms with van der Waals surface area (Å²) in [7, 11) is 1.37. The second-order valence-electron chi connectivity index (χ2n) is 3.31. The zero-order valence-corrected chi connectivity index (χ0v) is 9.07. The van der Waals surface area contributed by atoms with Crippen molar-refractivity contribution >= 4 is 5.97 Å². The number of rotatable bonds is 5. The predicted octanol–water partition coefficient (Wildman–Crippen LogP) is 1.61. The summed E-state index contributed by atoms with van der Waals surface area (Å²) in [5.74, 6) is -1.41. The Morgan fingerprint density at radius 2 is 2.25 bits per heavy atom. The lowest BCUT2D eigenvalue weighted by Crippen LogP contribution is -2.31. The lowest BCUT2D eigenvalue weighted by molar-refractivity contribution is -0.147. The third-order valence-electron chi connectivity index (χ3n) is 2.02. The molecule has 0 aliphatic heterocycles. The summed E-state index contributed by atoms with van der Waals surface area (Å²) >= 11 is 0. The Balaban J connectivity index is 2.77. The molecule has 1 rings (SSSR count). The lowest BCUT2D eigenvalue weighted by atomic mass is 10.2. The largest absolute Gasteiger partial charge is 0.478 e. The lowest BCUT2D eigenvalue weighted by Gasteiger charge is -2.14. The molecule has 0 amide bonds. The van der Waals surface area contributed by atoms with Crippen molar-refractivity contribution in [1.29, 1.82) is 0 Å². The maximum absolute atomic E-state index is 13.2. The minimum Gasteiger partial charge on any atom is -0.478 e. The maximum Gasteiger partial charge on any atom is 0.347 e. The second-order valence-corrected chi connectivity index (χ2v) is 3.31. The van der Waals surface area contributed by atoms with Crippen molar-refractivity contribution in [2.24, 2.45) is 0 Å². The number of aryl methyl sites for hydroxylation is 1. The monoisotopic (exact) mass is 228 g/mol. The number of aliphatic carboxylic acids is 1. The normalized spacial score (nSPS) is 12.2. The van der Waals surface area contributed by atoms with Crippen LogP contribution in [0.25, 0.3) is 0 Å². The van der Waals surface area contributed by atoms with E-state index >= 15 is 0 Å². The smallest absolute Gasteiger partial charge is 0.347 e. The van der Waals surface area contributed by atoms with Crippen LogP contribution in [0.3, 0.4) is 0 Å². The molecule has 0 saturated carbocycles. The predicted molar refractivity (Wildman–Crippen MR) is 55.1 cm³/mol. The number of hydrogen-bond acceptors (Lipinski definition) is 3. The van der Waals surface area contributed by atoms with Crippen molar-refractivity contribution in [3.63, 3.8) is 0 Å². The van der Waals surface area contributed by atoms with E-state index in [1.807, 2.05) is 0 Å². The van der Waals surface area contributed by atoms with Crippen molar-refractivity contribution < 1.29 is 23.8 Å². The molecule has 0 aliphatic carbocycles. The zero-order valence-electron chi connectivity index (χ0n) is 9.07. The maximum atomic E-state index is 13.2. The highest BCUT2D eigenvalue weighted by molar-refractivity contribution is 5.72. The van der Waals surface area contributed by atoms with Gasteiger partial charge in [0.1, 0.15) is 11.6 Å². The fraction of sp³-hybridized carbons (Fsp3) is 0.364. The summed E-state index contributed by atoms with van der Waals surface area (Å²) in [6.45, 7) is 1.52. The summed E-state index contributed by atoms with van der Waals surface area (Å²) in [5.41, 5.74) is 0.478. The van der Waals surface area contributed by atoms with E-state index in [0.717, 1.165) is 6.07 Å². The van der Waals surface area contributed by atoms with Crippen LogP contribution < -0.4 is 4.74 Å². The molecular formula is C11H13FO4. The summed E-state index contributed by atoms with van der Waals surface area (Å²) in [5, 5.41) is 8.79. The first-order valence-electron chi connectivity index (χ1n) is 4.69. The van der Waals surface area contributed by atoms with Crippen molar-refractivity contribution in [3.05, 3.63) is 29.6 Å². The van der Waals surface area contributed by atoms with Crippen molar-refractivity contribution in [1.82, 2.24) is 0 Å².